The molecule has 0 bridgehead atoms. The van der Waals surface area contributed by atoms with Crippen molar-refractivity contribution in [1.29, 1.82) is 0 Å². The van der Waals surface area contributed by atoms with Gasteiger partial charge in [-0.2, -0.15) is 0 Å². The maximum atomic E-state index is 14.0. The van der Waals surface area contributed by atoms with E-state index in [1.165, 1.54) is 49.7 Å². The molecule has 4 N–H and O–H groups in total. The molecular formula is C42H66N6O2. The third kappa shape index (κ3) is 10.8. The number of carbonyl (C=O) groups excluding carboxylic acids is 2. The van der Waals surface area contributed by atoms with Gasteiger partial charge in [-0.25, -0.2) is 9.59 Å². The SMILES string of the molecule is CCCNc1cc(C)ccc1NC(=O)N(CC1CCC(CN(C(=O)Nc2ccc(C)cc2NCCC)C2CCCCC2)CC1)C1CCCCC1. The summed E-state index contributed by atoms with van der Waals surface area (Å²) in [5.41, 5.74) is 6.13. The first-order valence-corrected chi connectivity index (χ1v) is 20.2. The Morgan fingerprint density at radius 2 is 0.940 bits per heavy atom. The van der Waals surface area contributed by atoms with Gasteiger partial charge in [0, 0.05) is 38.3 Å². The number of nitrogens with zero attached hydrogens (tertiary/aromatic N) is 2. The van der Waals surface area contributed by atoms with Gasteiger partial charge in [-0.15, -0.1) is 0 Å². The maximum Gasteiger partial charge on any atom is 0.322 e. The Hall–Kier alpha value is -3.42. The fourth-order valence-electron chi connectivity index (χ4n) is 8.45. The van der Waals surface area contributed by atoms with Crippen LogP contribution in [0.4, 0.5) is 32.3 Å². The number of benzene rings is 2. The van der Waals surface area contributed by atoms with Crippen LogP contribution in [-0.2, 0) is 0 Å². The van der Waals surface area contributed by atoms with Crippen LogP contribution in [0.5, 0.6) is 0 Å². The van der Waals surface area contributed by atoms with Crippen LogP contribution in [-0.4, -0.2) is 60.1 Å². The highest BCUT2D eigenvalue weighted by Gasteiger charge is 2.33. The van der Waals surface area contributed by atoms with Crippen molar-refractivity contribution in [3.63, 3.8) is 0 Å². The summed E-state index contributed by atoms with van der Waals surface area (Å²) in [5.74, 6) is 0.984. The minimum atomic E-state index is 0.0477. The van der Waals surface area contributed by atoms with E-state index in [1.807, 2.05) is 12.1 Å². The fraction of sp³-hybridized carbons (Fsp3) is 0.667. The van der Waals surface area contributed by atoms with Gasteiger partial charge in [0.25, 0.3) is 0 Å². The molecule has 4 amide bonds. The van der Waals surface area contributed by atoms with Crippen molar-refractivity contribution in [2.45, 2.75) is 143 Å². The number of carbonyl (C=O) groups is 2. The number of nitrogens with one attached hydrogen (secondary N) is 4. The predicted molar refractivity (Wildman–Crippen MR) is 211 cm³/mol. The number of amides is 4. The first-order chi connectivity index (χ1) is 24.3. The van der Waals surface area contributed by atoms with E-state index in [1.54, 1.807) is 0 Å². The third-order valence-electron chi connectivity index (χ3n) is 11.4. The molecule has 2 aromatic carbocycles. The lowest BCUT2D eigenvalue weighted by Crippen LogP contribution is -2.48. The molecule has 3 aliphatic rings. The van der Waals surface area contributed by atoms with Crippen LogP contribution in [0.3, 0.4) is 0 Å². The summed E-state index contributed by atoms with van der Waals surface area (Å²) >= 11 is 0. The largest absolute Gasteiger partial charge is 0.383 e. The van der Waals surface area contributed by atoms with Gasteiger partial charge in [-0.1, -0.05) is 64.5 Å². The quantitative estimate of drug-likeness (QED) is 0.159. The highest BCUT2D eigenvalue weighted by Crippen LogP contribution is 2.35. The minimum absolute atomic E-state index is 0.0477. The van der Waals surface area contributed by atoms with E-state index >= 15 is 0 Å². The van der Waals surface area contributed by atoms with Gasteiger partial charge in [-0.05, 0) is 125 Å². The molecule has 3 aliphatic carbocycles. The van der Waals surface area contributed by atoms with E-state index < -0.39 is 0 Å². The standard InChI is InChI=1S/C42H66N6O2/c1-5-25-43-39-27-31(3)17-23-37(39)45-41(49)47(35-13-9-7-10-14-35)29-33-19-21-34(22-20-33)30-48(36-15-11-8-12-16-36)42(50)46-38-24-18-32(4)28-40(38)44-26-6-2/h17-18,23-24,27-28,33-36,43-44H,5-16,19-22,25-26,29-30H2,1-4H3,(H,45,49)(H,46,50). The van der Waals surface area contributed by atoms with Crippen LogP contribution >= 0.6 is 0 Å². The van der Waals surface area contributed by atoms with Gasteiger partial charge in [-0.3, -0.25) is 0 Å². The normalized spacial score (nSPS) is 20.2. The average molecular weight is 687 g/mol. The van der Waals surface area contributed by atoms with Crippen molar-refractivity contribution in [3.05, 3.63) is 47.5 Å². The average Bonchev–Trinajstić information content (AvgIpc) is 3.14. The van der Waals surface area contributed by atoms with Crippen molar-refractivity contribution in [2.24, 2.45) is 11.8 Å². The Bertz CT molecular complexity index is 1260. The van der Waals surface area contributed by atoms with Gasteiger partial charge < -0.3 is 31.1 Å². The number of anilines is 4. The summed E-state index contributed by atoms with van der Waals surface area (Å²) in [6.07, 6.45) is 18.2. The van der Waals surface area contributed by atoms with Gasteiger partial charge in [0.1, 0.15) is 0 Å². The summed E-state index contributed by atoms with van der Waals surface area (Å²) in [6.45, 7) is 11.9. The monoisotopic (exact) mass is 687 g/mol. The van der Waals surface area contributed by atoms with Crippen LogP contribution in [0.25, 0.3) is 0 Å². The van der Waals surface area contributed by atoms with E-state index in [0.717, 1.165) is 113 Å². The number of aryl methyl sites for hydroxylation is 2. The molecule has 5 rings (SSSR count). The lowest BCUT2D eigenvalue weighted by Gasteiger charge is -2.40. The Balaban J connectivity index is 1.22. The molecule has 0 saturated heterocycles. The number of rotatable bonds is 14. The lowest BCUT2D eigenvalue weighted by atomic mass is 9.80. The van der Waals surface area contributed by atoms with E-state index in [-0.39, 0.29) is 12.1 Å². The molecule has 0 aliphatic heterocycles. The Kier molecular flexibility index (Phi) is 14.6. The number of hydrogen-bond donors (Lipinski definition) is 4. The van der Waals surface area contributed by atoms with Gasteiger partial charge in [0.05, 0.1) is 22.7 Å². The van der Waals surface area contributed by atoms with Crippen molar-refractivity contribution in [3.8, 4) is 0 Å². The molecule has 3 saturated carbocycles. The van der Waals surface area contributed by atoms with Crippen molar-refractivity contribution >= 4 is 34.8 Å². The smallest absolute Gasteiger partial charge is 0.322 e. The second-order valence-electron chi connectivity index (χ2n) is 15.6. The van der Waals surface area contributed by atoms with Crippen molar-refractivity contribution in [2.75, 3.05) is 47.4 Å². The molecule has 2 aromatic rings. The molecule has 3 fully saturated rings. The molecule has 8 heteroatoms. The topological polar surface area (TPSA) is 88.7 Å². The second kappa shape index (κ2) is 19.3. The molecule has 0 radical (unpaired) electrons. The van der Waals surface area contributed by atoms with Crippen LogP contribution < -0.4 is 21.3 Å². The molecule has 0 unspecified atom stereocenters. The highest BCUT2D eigenvalue weighted by molar-refractivity contribution is 5.94. The third-order valence-corrected chi connectivity index (χ3v) is 11.4. The van der Waals surface area contributed by atoms with Gasteiger partial charge >= 0.3 is 12.1 Å². The summed E-state index contributed by atoms with van der Waals surface area (Å²) in [5, 5.41) is 13.7. The molecule has 50 heavy (non-hydrogen) atoms. The lowest BCUT2D eigenvalue weighted by molar-refractivity contribution is 0.117. The maximum absolute atomic E-state index is 14.0. The van der Waals surface area contributed by atoms with Gasteiger partial charge in [0.2, 0.25) is 0 Å². The van der Waals surface area contributed by atoms with Gasteiger partial charge in [0.15, 0.2) is 0 Å². The molecule has 0 spiro atoms. The van der Waals surface area contributed by atoms with Crippen LogP contribution in [0.2, 0.25) is 0 Å². The van der Waals surface area contributed by atoms with Crippen molar-refractivity contribution < 1.29 is 9.59 Å². The highest BCUT2D eigenvalue weighted by atomic mass is 16.2. The van der Waals surface area contributed by atoms with E-state index in [9.17, 15) is 9.59 Å². The predicted octanol–water partition coefficient (Wildman–Crippen LogP) is 10.8. The van der Waals surface area contributed by atoms with Crippen LogP contribution in [0, 0.1) is 25.7 Å². The van der Waals surface area contributed by atoms with E-state index in [2.05, 4.69) is 83.0 Å². The minimum Gasteiger partial charge on any atom is -0.383 e. The molecule has 0 atom stereocenters. The fourth-order valence-corrected chi connectivity index (χ4v) is 8.45. The molecule has 8 nitrogen and oxygen atoms in total. The van der Waals surface area contributed by atoms with Crippen molar-refractivity contribution in [1.82, 2.24) is 9.80 Å². The van der Waals surface area contributed by atoms with E-state index in [4.69, 9.17) is 0 Å². The first-order valence-electron chi connectivity index (χ1n) is 20.2. The summed E-state index contributed by atoms with van der Waals surface area (Å²) in [7, 11) is 0. The Morgan fingerprint density at radius 1 is 0.560 bits per heavy atom. The van der Waals surface area contributed by atoms with Crippen LogP contribution in [0.1, 0.15) is 128 Å². The molecule has 0 heterocycles. The van der Waals surface area contributed by atoms with Crippen LogP contribution in [0.15, 0.2) is 36.4 Å². The summed E-state index contributed by atoms with van der Waals surface area (Å²) < 4.78 is 0. The Morgan fingerprint density at radius 3 is 1.30 bits per heavy atom. The molecule has 276 valence electrons. The first kappa shape index (κ1) is 37.8. The zero-order valence-corrected chi connectivity index (χ0v) is 31.6. The molecule has 0 aromatic heterocycles. The van der Waals surface area contributed by atoms with E-state index in [0.29, 0.717) is 23.9 Å². The zero-order chi connectivity index (χ0) is 35.3. The second-order valence-corrected chi connectivity index (χ2v) is 15.6. The number of urea groups is 2. The molecular weight excluding hydrogens is 621 g/mol. The Labute approximate surface area is 302 Å². The number of hydrogen-bond acceptors (Lipinski definition) is 4. The summed E-state index contributed by atoms with van der Waals surface area (Å²) in [4.78, 5) is 32.5. The summed E-state index contributed by atoms with van der Waals surface area (Å²) in [6, 6.07) is 13.2. The zero-order valence-electron chi connectivity index (χ0n) is 31.6.